The zero-order valence-corrected chi connectivity index (χ0v) is 12.7. The summed E-state index contributed by atoms with van der Waals surface area (Å²) in [4.78, 5) is 0.265. The molecule has 2 atom stereocenters. The number of fused-ring (bicyclic) bond motifs is 2. The maximum atomic E-state index is 12.6. The van der Waals surface area contributed by atoms with Gasteiger partial charge in [-0.2, -0.15) is 4.31 Å². The van der Waals surface area contributed by atoms with Crippen molar-refractivity contribution >= 4 is 31.6 Å². The highest BCUT2D eigenvalue weighted by Gasteiger charge is 2.38. The molecule has 7 heteroatoms. The number of hydrogen-bond acceptors (Lipinski definition) is 4. The molecule has 3 rings (SSSR count). The minimum Gasteiger partial charge on any atom is -0.399 e. The number of halogens is 1. The lowest BCUT2D eigenvalue weighted by molar-refractivity contribution is 0.296. The molecule has 3 N–H and O–H groups in total. The molecule has 0 aliphatic carbocycles. The maximum Gasteiger partial charge on any atom is 0.243 e. The molecule has 0 aromatic heterocycles. The SMILES string of the molecule is Nc1cc(Br)cc(S(=O)(=O)N2CC3CCC(C2)N3)c1. The number of nitrogens with one attached hydrogen (secondary N) is 1. The van der Waals surface area contributed by atoms with E-state index < -0.39 is 10.0 Å². The van der Waals surface area contributed by atoms with Crippen LogP contribution in [0.5, 0.6) is 0 Å². The standard InChI is InChI=1S/C12H16BrN3O2S/c13-8-3-9(14)5-12(4-8)19(17,18)16-6-10-1-2-11(7-16)15-10/h3-5,10-11,15H,1-2,6-7,14H2. The van der Waals surface area contributed by atoms with Gasteiger partial charge >= 0.3 is 0 Å². The molecule has 0 radical (unpaired) electrons. The Hall–Kier alpha value is -0.630. The first kappa shape index (κ1) is 13.4. The Morgan fingerprint density at radius 3 is 2.42 bits per heavy atom. The van der Waals surface area contributed by atoms with E-state index in [-0.39, 0.29) is 17.0 Å². The molecule has 104 valence electrons. The molecule has 1 aromatic rings. The van der Waals surface area contributed by atoms with Gasteiger partial charge in [-0.25, -0.2) is 8.42 Å². The summed E-state index contributed by atoms with van der Waals surface area (Å²) < 4.78 is 27.5. The van der Waals surface area contributed by atoms with Crippen LogP contribution in [0.15, 0.2) is 27.6 Å². The van der Waals surface area contributed by atoms with E-state index in [0.29, 0.717) is 23.2 Å². The second kappa shape index (κ2) is 4.73. The van der Waals surface area contributed by atoms with E-state index in [1.165, 1.54) is 6.07 Å². The molecular weight excluding hydrogens is 330 g/mol. The normalized spacial score (nSPS) is 27.6. The third kappa shape index (κ3) is 2.52. The highest BCUT2D eigenvalue weighted by molar-refractivity contribution is 9.10. The van der Waals surface area contributed by atoms with E-state index in [9.17, 15) is 8.42 Å². The van der Waals surface area contributed by atoms with E-state index in [0.717, 1.165) is 12.8 Å². The number of sulfonamides is 1. The van der Waals surface area contributed by atoms with Gasteiger partial charge in [-0.1, -0.05) is 15.9 Å². The van der Waals surface area contributed by atoms with Crippen LogP contribution in [0.4, 0.5) is 5.69 Å². The van der Waals surface area contributed by atoms with Crippen LogP contribution in [-0.2, 0) is 10.0 Å². The Labute approximate surface area is 121 Å². The molecule has 5 nitrogen and oxygen atoms in total. The largest absolute Gasteiger partial charge is 0.399 e. The summed E-state index contributed by atoms with van der Waals surface area (Å²) in [6.07, 6.45) is 2.11. The minimum atomic E-state index is -3.45. The van der Waals surface area contributed by atoms with Crippen molar-refractivity contribution in [3.63, 3.8) is 0 Å². The number of rotatable bonds is 2. The molecule has 19 heavy (non-hydrogen) atoms. The highest BCUT2D eigenvalue weighted by Crippen LogP contribution is 2.28. The predicted molar refractivity (Wildman–Crippen MR) is 77.3 cm³/mol. The van der Waals surface area contributed by atoms with Crippen molar-refractivity contribution in [2.45, 2.75) is 29.8 Å². The highest BCUT2D eigenvalue weighted by atomic mass is 79.9. The van der Waals surface area contributed by atoms with Crippen molar-refractivity contribution in [1.82, 2.24) is 9.62 Å². The average Bonchev–Trinajstić information content (AvgIpc) is 2.67. The van der Waals surface area contributed by atoms with E-state index in [1.807, 2.05) is 0 Å². The number of nitrogens with zero attached hydrogens (tertiary/aromatic N) is 1. The van der Waals surface area contributed by atoms with Gasteiger partial charge in [-0.15, -0.1) is 0 Å². The topological polar surface area (TPSA) is 75.4 Å². The predicted octanol–water partition coefficient (Wildman–Crippen LogP) is 1.16. The van der Waals surface area contributed by atoms with Crippen LogP contribution in [0.2, 0.25) is 0 Å². The molecule has 0 spiro atoms. The Kier molecular flexibility index (Phi) is 3.33. The van der Waals surface area contributed by atoms with Crippen molar-refractivity contribution in [3.8, 4) is 0 Å². The summed E-state index contributed by atoms with van der Waals surface area (Å²) >= 11 is 3.29. The third-order valence-corrected chi connectivity index (χ3v) is 5.98. The van der Waals surface area contributed by atoms with Gasteiger partial charge in [0.05, 0.1) is 4.90 Å². The quantitative estimate of drug-likeness (QED) is 0.788. The van der Waals surface area contributed by atoms with Crippen molar-refractivity contribution in [2.24, 2.45) is 0 Å². The second-order valence-corrected chi connectivity index (χ2v) is 8.03. The summed E-state index contributed by atoms with van der Waals surface area (Å²) in [5, 5.41) is 3.43. The molecule has 2 bridgehead atoms. The van der Waals surface area contributed by atoms with Crippen molar-refractivity contribution in [1.29, 1.82) is 0 Å². The van der Waals surface area contributed by atoms with Gasteiger partial charge in [0.2, 0.25) is 10.0 Å². The summed E-state index contributed by atoms with van der Waals surface area (Å²) in [5.41, 5.74) is 6.18. The number of benzene rings is 1. The summed E-state index contributed by atoms with van der Waals surface area (Å²) in [5.74, 6) is 0. The number of anilines is 1. The van der Waals surface area contributed by atoms with E-state index in [1.54, 1.807) is 16.4 Å². The monoisotopic (exact) mass is 345 g/mol. The van der Waals surface area contributed by atoms with Gasteiger partial charge < -0.3 is 11.1 Å². The van der Waals surface area contributed by atoms with Gasteiger partial charge in [0.15, 0.2) is 0 Å². The van der Waals surface area contributed by atoms with E-state index in [2.05, 4.69) is 21.2 Å². The fraction of sp³-hybridized carbons (Fsp3) is 0.500. The number of nitrogen functional groups attached to an aromatic ring is 1. The number of nitrogens with two attached hydrogens (primary N) is 1. The smallest absolute Gasteiger partial charge is 0.243 e. The Morgan fingerprint density at radius 2 is 1.84 bits per heavy atom. The summed E-state index contributed by atoms with van der Waals surface area (Å²) in [6, 6.07) is 5.40. The van der Waals surface area contributed by atoms with E-state index in [4.69, 9.17) is 5.73 Å². The van der Waals surface area contributed by atoms with Crippen molar-refractivity contribution < 1.29 is 8.42 Å². The van der Waals surface area contributed by atoms with Crippen LogP contribution in [0, 0.1) is 0 Å². The zero-order chi connectivity index (χ0) is 13.6. The fourth-order valence-electron chi connectivity index (χ4n) is 2.84. The van der Waals surface area contributed by atoms with Gasteiger partial charge in [-0.05, 0) is 31.0 Å². The van der Waals surface area contributed by atoms with Gasteiger partial charge in [-0.3, -0.25) is 0 Å². The summed E-state index contributed by atoms with van der Waals surface area (Å²) in [6.45, 7) is 1.09. The van der Waals surface area contributed by atoms with Crippen LogP contribution < -0.4 is 11.1 Å². The lowest BCUT2D eigenvalue weighted by Crippen LogP contribution is -2.52. The first-order chi connectivity index (χ1) is 8.95. The average molecular weight is 346 g/mol. The van der Waals surface area contributed by atoms with Gasteiger partial charge in [0, 0.05) is 35.3 Å². The minimum absolute atomic E-state index is 0.265. The first-order valence-corrected chi connectivity index (χ1v) is 8.51. The molecule has 2 aliphatic rings. The Morgan fingerprint density at radius 1 is 1.21 bits per heavy atom. The molecule has 0 saturated carbocycles. The Balaban J connectivity index is 1.94. The number of piperazine rings is 1. The van der Waals surface area contributed by atoms with Crippen molar-refractivity contribution in [2.75, 3.05) is 18.8 Å². The van der Waals surface area contributed by atoms with Gasteiger partial charge in [0.25, 0.3) is 0 Å². The van der Waals surface area contributed by atoms with Crippen LogP contribution in [0.25, 0.3) is 0 Å². The molecule has 0 amide bonds. The lowest BCUT2D eigenvalue weighted by atomic mass is 10.2. The maximum absolute atomic E-state index is 12.6. The fourth-order valence-corrected chi connectivity index (χ4v) is 5.11. The molecule has 2 aliphatic heterocycles. The van der Waals surface area contributed by atoms with Crippen LogP contribution in [-0.4, -0.2) is 37.9 Å². The Bertz CT molecular complexity index is 573. The molecule has 1 aromatic carbocycles. The lowest BCUT2D eigenvalue weighted by Gasteiger charge is -2.32. The molecule has 2 heterocycles. The second-order valence-electron chi connectivity index (χ2n) is 5.18. The number of hydrogen-bond donors (Lipinski definition) is 2. The third-order valence-electron chi connectivity index (χ3n) is 3.71. The molecule has 2 saturated heterocycles. The van der Waals surface area contributed by atoms with Crippen molar-refractivity contribution in [3.05, 3.63) is 22.7 Å². The van der Waals surface area contributed by atoms with Crippen LogP contribution >= 0.6 is 15.9 Å². The zero-order valence-electron chi connectivity index (χ0n) is 10.3. The molecular formula is C12H16BrN3O2S. The van der Waals surface area contributed by atoms with E-state index >= 15 is 0 Å². The summed E-state index contributed by atoms with van der Waals surface area (Å²) in [7, 11) is -3.45. The molecule has 2 fully saturated rings. The first-order valence-electron chi connectivity index (χ1n) is 6.27. The van der Waals surface area contributed by atoms with Crippen LogP contribution in [0.3, 0.4) is 0 Å². The van der Waals surface area contributed by atoms with Crippen LogP contribution in [0.1, 0.15) is 12.8 Å². The molecule has 2 unspecified atom stereocenters. The van der Waals surface area contributed by atoms with Gasteiger partial charge in [0.1, 0.15) is 0 Å².